The fourth-order valence-corrected chi connectivity index (χ4v) is 2.59. The van der Waals surface area contributed by atoms with E-state index in [-0.39, 0.29) is 0 Å². The van der Waals surface area contributed by atoms with Gasteiger partial charge in [-0.05, 0) is 54.4 Å². The highest BCUT2D eigenvalue weighted by Crippen LogP contribution is 2.26. The molecule has 0 saturated heterocycles. The third-order valence-corrected chi connectivity index (χ3v) is 3.94. The number of H-pyrrole nitrogens is 1. The van der Waals surface area contributed by atoms with E-state index in [1.165, 1.54) is 12.8 Å². The van der Waals surface area contributed by atoms with Gasteiger partial charge < -0.3 is 10.5 Å². The highest BCUT2D eigenvalue weighted by atomic mass is 16.5. The number of aromatic amines is 1. The molecule has 3 N–H and O–H groups in total. The molecule has 0 aliphatic heterocycles. The summed E-state index contributed by atoms with van der Waals surface area (Å²) in [6.45, 7) is 2.97. The molecular formula is C20H23N3O. The average molecular weight is 321 g/mol. The molecule has 0 aliphatic carbocycles. The number of nitrogens with two attached hydrogens (primary N) is 1. The maximum Gasteiger partial charge on any atom is 0.119 e. The minimum atomic E-state index is 0.738. The lowest BCUT2D eigenvalue weighted by Gasteiger charge is -2.06. The molecule has 0 atom stereocenters. The van der Waals surface area contributed by atoms with Crippen LogP contribution in [-0.2, 0) is 0 Å². The average Bonchev–Trinajstić information content (AvgIpc) is 3.09. The molecule has 1 aromatic heterocycles. The molecule has 0 bridgehead atoms. The lowest BCUT2D eigenvalue weighted by molar-refractivity contribution is 0.306. The molecule has 3 rings (SSSR count). The molecule has 0 amide bonds. The van der Waals surface area contributed by atoms with Crippen molar-refractivity contribution in [1.82, 2.24) is 10.2 Å². The SMILES string of the molecule is CCCCCOc1ccc(-c2cc(-c3cccc(N)c3)n[nH]2)cc1. The number of hydrogen-bond donors (Lipinski definition) is 2. The van der Waals surface area contributed by atoms with Gasteiger partial charge in [-0.15, -0.1) is 0 Å². The first-order chi connectivity index (χ1) is 11.8. The third-order valence-electron chi connectivity index (χ3n) is 3.94. The number of hydrogen-bond acceptors (Lipinski definition) is 3. The van der Waals surface area contributed by atoms with Crippen LogP contribution in [0.25, 0.3) is 22.5 Å². The molecule has 0 spiro atoms. The van der Waals surface area contributed by atoms with Crippen LogP contribution in [0.5, 0.6) is 5.75 Å². The van der Waals surface area contributed by atoms with Gasteiger partial charge >= 0.3 is 0 Å². The fraction of sp³-hybridized carbons (Fsp3) is 0.250. The largest absolute Gasteiger partial charge is 0.494 e. The summed E-state index contributed by atoms with van der Waals surface area (Å²) >= 11 is 0. The van der Waals surface area contributed by atoms with Crippen molar-refractivity contribution in [3.8, 4) is 28.3 Å². The summed E-state index contributed by atoms with van der Waals surface area (Å²) in [4.78, 5) is 0. The highest BCUT2D eigenvalue weighted by Gasteiger charge is 2.06. The van der Waals surface area contributed by atoms with Crippen LogP contribution in [-0.4, -0.2) is 16.8 Å². The van der Waals surface area contributed by atoms with Crippen molar-refractivity contribution in [2.45, 2.75) is 26.2 Å². The van der Waals surface area contributed by atoms with Crippen molar-refractivity contribution in [3.05, 3.63) is 54.6 Å². The van der Waals surface area contributed by atoms with Gasteiger partial charge in [0.15, 0.2) is 0 Å². The van der Waals surface area contributed by atoms with Gasteiger partial charge in [0.1, 0.15) is 5.75 Å². The normalized spacial score (nSPS) is 10.7. The van der Waals surface area contributed by atoms with Gasteiger partial charge in [-0.3, -0.25) is 5.10 Å². The summed E-state index contributed by atoms with van der Waals surface area (Å²) in [5.74, 6) is 0.908. The fourth-order valence-electron chi connectivity index (χ4n) is 2.59. The van der Waals surface area contributed by atoms with Crippen LogP contribution >= 0.6 is 0 Å². The van der Waals surface area contributed by atoms with E-state index < -0.39 is 0 Å². The Balaban J connectivity index is 1.69. The van der Waals surface area contributed by atoms with Crippen LogP contribution in [0.2, 0.25) is 0 Å². The Morgan fingerprint density at radius 3 is 2.58 bits per heavy atom. The standard InChI is InChI=1S/C20H23N3O/c1-2-3-4-12-24-18-10-8-15(9-11-18)19-14-20(23-22-19)16-6-5-7-17(21)13-16/h5-11,13-14H,2-4,12,21H2,1H3,(H,22,23). The molecular weight excluding hydrogens is 298 g/mol. The van der Waals surface area contributed by atoms with Crippen molar-refractivity contribution >= 4 is 5.69 Å². The predicted molar refractivity (Wildman–Crippen MR) is 98.9 cm³/mol. The topological polar surface area (TPSA) is 63.9 Å². The number of ether oxygens (including phenoxy) is 1. The first kappa shape index (κ1) is 16.1. The molecule has 0 fully saturated rings. The summed E-state index contributed by atoms with van der Waals surface area (Å²) in [5.41, 5.74) is 10.5. The van der Waals surface area contributed by atoms with E-state index in [4.69, 9.17) is 10.5 Å². The molecule has 0 aliphatic rings. The molecule has 4 nitrogen and oxygen atoms in total. The van der Waals surface area contributed by atoms with Gasteiger partial charge in [-0.25, -0.2) is 0 Å². The summed E-state index contributed by atoms with van der Waals surface area (Å²) in [5, 5.41) is 7.47. The number of aromatic nitrogens is 2. The number of nitrogen functional groups attached to an aromatic ring is 1. The summed E-state index contributed by atoms with van der Waals surface area (Å²) in [6, 6.07) is 17.9. The van der Waals surface area contributed by atoms with Gasteiger partial charge in [-0.1, -0.05) is 31.9 Å². The number of rotatable bonds is 7. The monoisotopic (exact) mass is 321 g/mol. The Kier molecular flexibility index (Phi) is 5.16. The summed E-state index contributed by atoms with van der Waals surface area (Å²) in [6.07, 6.45) is 3.51. The van der Waals surface area contributed by atoms with Crippen molar-refractivity contribution in [2.24, 2.45) is 0 Å². The van der Waals surface area contributed by atoms with Gasteiger partial charge in [0.2, 0.25) is 0 Å². The van der Waals surface area contributed by atoms with E-state index in [0.717, 1.165) is 47.0 Å². The van der Waals surface area contributed by atoms with Crippen molar-refractivity contribution in [1.29, 1.82) is 0 Å². The van der Waals surface area contributed by atoms with Crippen molar-refractivity contribution in [2.75, 3.05) is 12.3 Å². The van der Waals surface area contributed by atoms with E-state index in [2.05, 4.69) is 17.1 Å². The van der Waals surface area contributed by atoms with Crippen molar-refractivity contribution in [3.63, 3.8) is 0 Å². The number of nitrogens with zero attached hydrogens (tertiary/aromatic N) is 1. The summed E-state index contributed by atoms with van der Waals surface area (Å²) < 4.78 is 5.75. The molecule has 3 aromatic rings. The second-order valence-corrected chi connectivity index (χ2v) is 5.87. The van der Waals surface area contributed by atoms with E-state index in [9.17, 15) is 0 Å². The number of benzene rings is 2. The van der Waals surface area contributed by atoms with Crippen molar-refractivity contribution < 1.29 is 4.74 Å². The van der Waals surface area contributed by atoms with Crippen LogP contribution in [0.3, 0.4) is 0 Å². The molecule has 124 valence electrons. The van der Waals surface area contributed by atoms with E-state index >= 15 is 0 Å². The zero-order valence-corrected chi connectivity index (χ0v) is 14.0. The quantitative estimate of drug-likeness (QED) is 0.481. The Morgan fingerprint density at radius 1 is 1.00 bits per heavy atom. The van der Waals surface area contributed by atoms with Crippen LogP contribution in [0.15, 0.2) is 54.6 Å². The zero-order chi connectivity index (χ0) is 16.8. The van der Waals surface area contributed by atoms with Gasteiger partial charge in [0.05, 0.1) is 18.0 Å². The van der Waals surface area contributed by atoms with E-state index in [1.807, 2.05) is 54.6 Å². The highest BCUT2D eigenvalue weighted by molar-refractivity contribution is 5.70. The minimum Gasteiger partial charge on any atom is -0.494 e. The first-order valence-electron chi connectivity index (χ1n) is 8.41. The van der Waals surface area contributed by atoms with Gasteiger partial charge in [0.25, 0.3) is 0 Å². The number of anilines is 1. The molecule has 24 heavy (non-hydrogen) atoms. The van der Waals surface area contributed by atoms with E-state index in [1.54, 1.807) is 0 Å². The number of nitrogens with one attached hydrogen (secondary N) is 1. The second-order valence-electron chi connectivity index (χ2n) is 5.87. The van der Waals surface area contributed by atoms with Crippen LogP contribution in [0, 0.1) is 0 Å². The predicted octanol–water partition coefficient (Wildman–Crippen LogP) is 4.89. The van der Waals surface area contributed by atoms with E-state index in [0.29, 0.717) is 0 Å². The zero-order valence-electron chi connectivity index (χ0n) is 14.0. The Morgan fingerprint density at radius 2 is 1.83 bits per heavy atom. The summed E-state index contributed by atoms with van der Waals surface area (Å²) in [7, 11) is 0. The lowest BCUT2D eigenvalue weighted by Crippen LogP contribution is -1.96. The van der Waals surface area contributed by atoms with Gasteiger partial charge in [-0.2, -0.15) is 5.10 Å². The molecule has 0 radical (unpaired) electrons. The first-order valence-corrected chi connectivity index (χ1v) is 8.41. The smallest absolute Gasteiger partial charge is 0.119 e. The Hall–Kier alpha value is -2.75. The third kappa shape index (κ3) is 3.96. The molecule has 0 unspecified atom stereocenters. The van der Waals surface area contributed by atoms with Crippen LogP contribution in [0.4, 0.5) is 5.69 Å². The number of unbranched alkanes of at least 4 members (excludes halogenated alkanes) is 2. The van der Waals surface area contributed by atoms with Crippen LogP contribution in [0.1, 0.15) is 26.2 Å². The Labute approximate surface area is 142 Å². The molecule has 1 heterocycles. The second kappa shape index (κ2) is 7.68. The minimum absolute atomic E-state index is 0.738. The van der Waals surface area contributed by atoms with Crippen LogP contribution < -0.4 is 10.5 Å². The Bertz CT molecular complexity index is 778. The lowest BCUT2D eigenvalue weighted by atomic mass is 10.1. The maximum atomic E-state index is 5.84. The molecule has 4 heteroatoms. The van der Waals surface area contributed by atoms with Gasteiger partial charge in [0, 0.05) is 11.3 Å². The molecule has 0 saturated carbocycles. The molecule has 2 aromatic carbocycles. The maximum absolute atomic E-state index is 5.84.